The van der Waals surface area contributed by atoms with Gasteiger partial charge in [0.05, 0.1) is 0 Å². The molecule has 6 nitrogen and oxygen atoms in total. The Kier molecular flexibility index (Phi) is 5.76. The minimum Gasteiger partial charge on any atom is -0.491 e. The molecule has 0 saturated carbocycles. The highest BCUT2D eigenvalue weighted by molar-refractivity contribution is 5.88. The number of β-amino-alcohol motifs (C(OH)–C–C–N with tert-alkyl or cyclic N) is 1. The number of hydrogen-bond acceptors (Lipinski definition) is 6. The smallest absolute Gasteiger partial charge is 0.125 e. The van der Waals surface area contributed by atoms with Crippen LogP contribution in [-0.4, -0.2) is 77.4 Å². The quantitative estimate of drug-likeness (QED) is 0.667. The third-order valence-corrected chi connectivity index (χ3v) is 5.51. The van der Waals surface area contributed by atoms with Crippen LogP contribution in [0.2, 0.25) is 0 Å². The van der Waals surface area contributed by atoms with Gasteiger partial charge in [-0.25, -0.2) is 9.97 Å². The fourth-order valence-electron chi connectivity index (χ4n) is 3.60. The van der Waals surface area contributed by atoms with Gasteiger partial charge in [0.15, 0.2) is 0 Å². The van der Waals surface area contributed by atoms with Gasteiger partial charge in [-0.15, -0.1) is 0 Å². The number of likely N-dealkylation sites (tertiary alicyclic amines) is 1. The summed E-state index contributed by atoms with van der Waals surface area (Å²) >= 11 is 0. The molecule has 4 rings (SSSR count). The van der Waals surface area contributed by atoms with E-state index in [0.29, 0.717) is 19.2 Å². The number of benzene rings is 2. The van der Waals surface area contributed by atoms with Crippen LogP contribution < -0.4 is 4.74 Å². The molecule has 152 valence electrons. The van der Waals surface area contributed by atoms with E-state index >= 15 is 0 Å². The molecule has 2 heterocycles. The Morgan fingerprint density at radius 3 is 2.48 bits per heavy atom. The van der Waals surface area contributed by atoms with Crippen LogP contribution in [0.5, 0.6) is 5.75 Å². The van der Waals surface area contributed by atoms with E-state index in [4.69, 9.17) is 4.74 Å². The zero-order chi connectivity index (χ0) is 20.4. The molecule has 6 heteroatoms. The lowest BCUT2D eigenvalue weighted by Crippen LogP contribution is -2.59. The number of hydrogen-bond donors (Lipinski definition) is 1. The topological polar surface area (TPSA) is 61.7 Å². The second kappa shape index (κ2) is 8.45. The number of aromatic nitrogens is 2. The van der Waals surface area contributed by atoms with Crippen molar-refractivity contribution in [2.75, 3.05) is 40.3 Å². The van der Waals surface area contributed by atoms with Crippen molar-refractivity contribution in [3.8, 4) is 16.9 Å². The third kappa shape index (κ3) is 4.72. The molecule has 0 amide bonds. The Hall–Kier alpha value is -2.54. The van der Waals surface area contributed by atoms with Crippen molar-refractivity contribution in [1.82, 2.24) is 19.8 Å². The van der Waals surface area contributed by atoms with Gasteiger partial charge >= 0.3 is 0 Å². The molecule has 1 N–H and O–H groups in total. The van der Waals surface area contributed by atoms with Crippen LogP contribution in [0.1, 0.15) is 5.82 Å². The molecule has 1 fully saturated rings. The molecule has 0 radical (unpaired) electrons. The largest absolute Gasteiger partial charge is 0.491 e. The average molecular weight is 393 g/mol. The van der Waals surface area contributed by atoms with Gasteiger partial charge in [-0.2, -0.15) is 0 Å². The summed E-state index contributed by atoms with van der Waals surface area (Å²) in [4.78, 5) is 13.0. The number of fused-ring (bicyclic) bond motifs is 1. The monoisotopic (exact) mass is 392 g/mol. The number of aliphatic hydroxyl groups excluding tert-OH is 1. The van der Waals surface area contributed by atoms with E-state index in [0.717, 1.165) is 46.6 Å². The van der Waals surface area contributed by atoms with Crippen molar-refractivity contribution in [2.24, 2.45) is 0 Å². The van der Waals surface area contributed by atoms with E-state index in [2.05, 4.69) is 52.1 Å². The maximum atomic E-state index is 10.3. The zero-order valence-corrected chi connectivity index (χ0v) is 17.2. The SMILES string of the molecule is Cc1ncc(-c2ccc3cc(OCC(O)CN4CC(N(C)C)C4)ccc3c2)cn1. The molecular weight excluding hydrogens is 364 g/mol. The van der Waals surface area contributed by atoms with E-state index in [1.54, 1.807) is 0 Å². The van der Waals surface area contributed by atoms with E-state index < -0.39 is 6.10 Å². The van der Waals surface area contributed by atoms with E-state index in [-0.39, 0.29) is 0 Å². The van der Waals surface area contributed by atoms with E-state index in [1.165, 1.54) is 0 Å². The Balaban J connectivity index is 1.35. The number of nitrogens with zero attached hydrogens (tertiary/aromatic N) is 4. The summed E-state index contributed by atoms with van der Waals surface area (Å²) in [5, 5.41) is 12.5. The van der Waals surface area contributed by atoms with Gasteiger partial charge in [0, 0.05) is 43.6 Å². The molecule has 1 aromatic heterocycles. The number of ether oxygens (including phenoxy) is 1. The summed E-state index contributed by atoms with van der Waals surface area (Å²) in [6.07, 6.45) is 3.21. The number of rotatable bonds is 7. The van der Waals surface area contributed by atoms with Crippen LogP contribution in [-0.2, 0) is 0 Å². The molecule has 29 heavy (non-hydrogen) atoms. The lowest BCUT2D eigenvalue weighted by molar-refractivity contribution is 0.00720. The summed E-state index contributed by atoms with van der Waals surface area (Å²) in [5.41, 5.74) is 2.09. The highest BCUT2D eigenvalue weighted by Crippen LogP contribution is 2.26. The van der Waals surface area contributed by atoms with Gasteiger partial charge < -0.3 is 14.7 Å². The minimum absolute atomic E-state index is 0.299. The number of aliphatic hydroxyl groups is 1. The first kappa shape index (κ1) is 19.8. The van der Waals surface area contributed by atoms with Gasteiger partial charge in [-0.3, -0.25) is 4.90 Å². The Bertz CT molecular complexity index is 968. The zero-order valence-electron chi connectivity index (χ0n) is 17.2. The summed E-state index contributed by atoms with van der Waals surface area (Å²) in [6.45, 7) is 4.85. The highest BCUT2D eigenvalue weighted by atomic mass is 16.5. The molecule has 1 saturated heterocycles. The van der Waals surface area contributed by atoms with Gasteiger partial charge in [-0.05, 0) is 55.6 Å². The average Bonchev–Trinajstić information content (AvgIpc) is 2.68. The maximum Gasteiger partial charge on any atom is 0.125 e. The molecule has 1 atom stereocenters. The molecule has 0 aliphatic carbocycles. The van der Waals surface area contributed by atoms with Gasteiger partial charge in [0.2, 0.25) is 0 Å². The molecule has 2 aromatic carbocycles. The second-order valence-corrected chi connectivity index (χ2v) is 8.04. The van der Waals surface area contributed by atoms with Crippen LogP contribution in [0.15, 0.2) is 48.8 Å². The van der Waals surface area contributed by atoms with Crippen molar-refractivity contribution < 1.29 is 9.84 Å². The number of likely N-dealkylation sites (N-methyl/N-ethyl adjacent to an activating group) is 1. The summed E-state index contributed by atoms with van der Waals surface area (Å²) in [7, 11) is 4.19. The molecule has 0 spiro atoms. The predicted molar refractivity (Wildman–Crippen MR) is 115 cm³/mol. The van der Waals surface area contributed by atoms with Crippen molar-refractivity contribution in [3.63, 3.8) is 0 Å². The van der Waals surface area contributed by atoms with Crippen LogP contribution in [0.25, 0.3) is 21.9 Å². The fraction of sp³-hybridized carbons (Fsp3) is 0.391. The molecule has 0 bridgehead atoms. The van der Waals surface area contributed by atoms with Crippen molar-refractivity contribution in [3.05, 3.63) is 54.6 Å². The molecule has 3 aromatic rings. The Morgan fingerprint density at radius 1 is 1.07 bits per heavy atom. The van der Waals surface area contributed by atoms with E-state index in [1.807, 2.05) is 37.5 Å². The van der Waals surface area contributed by atoms with Gasteiger partial charge in [-0.1, -0.05) is 18.2 Å². The maximum absolute atomic E-state index is 10.3. The normalized spacial score (nSPS) is 16.2. The first-order valence-electron chi connectivity index (χ1n) is 10.0. The fourth-order valence-corrected chi connectivity index (χ4v) is 3.60. The molecule has 1 aliphatic rings. The van der Waals surface area contributed by atoms with Crippen LogP contribution in [0.3, 0.4) is 0 Å². The molecule has 1 unspecified atom stereocenters. The summed E-state index contributed by atoms with van der Waals surface area (Å²) in [6, 6.07) is 12.9. The van der Waals surface area contributed by atoms with Crippen molar-refractivity contribution >= 4 is 10.8 Å². The van der Waals surface area contributed by atoms with Crippen LogP contribution >= 0.6 is 0 Å². The Morgan fingerprint density at radius 2 is 1.76 bits per heavy atom. The van der Waals surface area contributed by atoms with Crippen LogP contribution in [0.4, 0.5) is 0 Å². The molecular formula is C23H28N4O2. The van der Waals surface area contributed by atoms with Crippen molar-refractivity contribution in [1.29, 1.82) is 0 Å². The third-order valence-electron chi connectivity index (χ3n) is 5.51. The molecule has 1 aliphatic heterocycles. The first-order valence-corrected chi connectivity index (χ1v) is 10.0. The number of aryl methyl sites for hydroxylation is 1. The predicted octanol–water partition coefficient (Wildman–Crippen LogP) is 2.59. The summed E-state index contributed by atoms with van der Waals surface area (Å²) in [5.74, 6) is 1.54. The Labute approximate surface area is 171 Å². The van der Waals surface area contributed by atoms with Gasteiger partial charge in [0.1, 0.15) is 24.3 Å². The lowest BCUT2D eigenvalue weighted by atomic mass is 10.0. The van der Waals surface area contributed by atoms with Crippen molar-refractivity contribution in [2.45, 2.75) is 19.1 Å². The first-order chi connectivity index (χ1) is 14.0. The van der Waals surface area contributed by atoms with Crippen LogP contribution in [0, 0.1) is 6.92 Å². The minimum atomic E-state index is -0.488. The second-order valence-electron chi connectivity index (χ2n) is 8.04. The lowest BCUT2D eigenvalue weighted by Gasteiger charge is -2.43. The summed E-state index contributed by atoms with van der Waals surface area (Å²) < 4.78 is 5.84. The standard InChI is InChI=1S/C23H28N4O2/c1-16-24-10-20(11-25-16)18-4-5-19-9-23(7-6-17(19)8-18)29-15-22(28)14-27-12-21(13-27)26(2)3/h4-11,21-22,28H,12-15H2,1-3H3. The van der Waals surface area contributed by atoms with E-state index in [9.17, 15) is 5.11 Å². The highest BCUT2D eigenvalue weighted by Gasteiger charge is 2.29. The van der Waals surface area contributed by atoms with Gasteiger partial charge in [0.25, 0.3) is 0 Å².